The molecular weight excluding hydrogens is 228 g/mol. The maximum Gasteiger partial charge on any atom is -0.0250 e. The molecular formula is C19H30. The first-order chi connectivity index (χ1) is 8.95. The van der Waals surface area contributed by atoms with Crippen LogP contribution < -0.4 is 0 Å². The largest absolute Gasteiger partial charge is 0.0625 e. The minimum Gasteiger partial charge on any atom is -0.0625 e. The molecule has 1 saturated carbocycles. The highest BCUT2D eigenvalue weighted by atomic mass is 14.3. The lowest BCUT2D eigenvalue weighted by Crippen LogP contribution is -2.25. The fraction of sp³-hybridized carbons (Fsp3) is 0.684. The third kappa shape index (κ3) is 3.84. The van der Waals surface area contributed by atoms with E-state index in [1.54, 1.807) is 0 Å². The monoisotopic (exact) mass is 258 g/mol. The molecule has 0 aliphatic heterocycles. The Bertz CT molecular complexity index is 408. The lowest BCUT2D eigenvalue weighted by atomic mass is 9.71. The van der Waals surface area contributed by atoms with Gasteiger partial charge in [-0.2, -0.15) is 0 Å². The van der Waals surface area contributed by atoms with Crippen LogP contribution in [0.15, 0.2) is 18.2 Å². The van der Waals surface area contributed by atoms with E-state index in [4.69, 9.17) is 0 Å². The van der Waals surface area contributed by atoms with Gasteiger partial charge in [0.1, 0.15) is 0 Å². The van der Waals surface area contributed by atoms with Crippen molar-refractivity contribution in [1.82, 2.24) is 0 Å². The molecule has 1 fully saturated rings. The molecule has 1 aromatic carbocycles. The summed E-state index contributed by atoms with van der Waals surface area (Å²) in [4.78, 5) is 0. The number of aryl methyl sites for hydroxylation is 2. The molecule has 3 atom stereocenters. The van der Waals surface area contributed by atoms with Crippen LogP contribution in [0.25, 0.3) is 0 Å². The van der Waals surface area contributed by atoms with Crippen LogP contribution >= 0.6 is 0 Å². The van der Waals surface area contributed by atoms with Crippen LogP contribution in [0.2, 0.25) is 0 Å². The summed E-state index contributed by atoms with van der Waals surface area (Å²) in [6.07, 6.45) is 5.57. The number of hydrogen-bond acceptors (Lipinski definition) is 0. The van der Waals surface area contributed by atoms with Crippen molar-refractivity contribution < 1.29 is 0 Å². The molecule has 2 rings (SSSR count). The molecule has 0 spiro atoms. The van der Waals surface area contributed by atoms with Crippen molar-refractivity contribution >= 4 is 0 Å². The predicted molar refractivity (Wildman–Crippen MR) is 84.5 cm³/mol. The van der Waals surface area contributed by atoms with E-state index in [0.717, 1.165) is 23.7 Å². The highest BCUT2D eigenvalue weighted by Crippen LogP contribution is 2.38. The molecule has 0 aromatic heterocycles. The minimum atomic E-state index is 0.826. The molecule has 106 valence electrons. The Hall–Kier alpha value is -0.780. The second-order valence-electron chi connectivity index (χ2n) is 7.28. The normalized spacial score (nSPS) is 29.2. The summed E-state index contributed by atoms with van der Waals surface area (Å²) in [5.74, 6) is 3.61. The molecule has 1 aromatic rings. The molecule has 0 heteroatoms. The summed E-state index contributed by atoms with van der Waals surface area (Å²) in [7, 11) is 0. The van der Waals surface area contributed by atoms with Gasteiger partial charge in [-0.1, -0.05) is 39.0 Å². The lowest BCUT2D eigenvalue weighted by Gasteiger charge is -2.35. The van der Waals surface area contributed by atoms with Gasteiger partial charge in [-0.05, 0) is 79.9 Å². The zero-order chi connectivity index (χ0) is 14.0. The summed E-state index contributed by atoms with van der Waals surface area (Å²) < 4.78 is 0. The molecule has 0 N–H and O–H groups in total. The van der Waals surface area contributed by atoms with Gasteiger partial charge in [0.05, 0.1) is 0 Å². The molecule has 0 amide bonds. The van der Waals surface area contributed by atoms with Gasteiger partial charge < -0.3 is 0 Å². The van der Waals surface area contributed by atoms with Crippen molar-refractivity contribution in [2.24, 2.45) is 23.7 Å². The van der Waals surface area contributed by atoms with Crippen LogP contribution in [0.3, 0.4) is 0 Å². The molecule has 0 radical (unpaired) electrons. The average Bonchev–Trinajstić information content (AvgIpc) is 2.32. The average molecular weight is 258 g/mol. The second kappa shape index (κ2) is 6.11. The van der Waals surface area contributed by atoms with Gasteiger partial charge in [-0.15, -0.1) is 0 Å². The van der Waals surface area contributed by atoms with Crippen molar-refractivity contribution in [3.05, 3.63) is 34.9 Å². The van der Waals surface area contributed by atoms with Gasteiger partial charge in [0.15, 0.2) is 0 Å². The minimum absolute atomic E-state index is 0.826. The Morgan fingerprint density at radius 2 is 1.63 bits per heavy atom. The van der Waals surface area contributed by atoms with E-state index in [-0.39, 0.29) is 0 Å². The van der Waals surface area contributed by atoms with Crippen molar-refractivity contribution in [3.8, 4) is 0 Å². The topological polar surface area (TPSA) is 0 Å². The van der Waals surface area contributed by atoms with E-state index in [9.17, 15) is 0 Å². The van der Waals surface area contributed by atoms with Gasteiger partial charge in [0.2, 0.25) is 0 Å². The van der Waals surface area contributed by atoms with Gasteiger partial charge in [0, 0.05) is 0 Å². The maximum absolute atomic E-state index is 2.46. The van der Waals surface area contributed by atoms with E-state index in [1.165, 1.54) is 42.4 Å². The summed E-state index contributed by atoms with van der Waals surface area (Å²) >= 11 is 0. The van der Waals surface area contributed by atoms with Crippen LogP contribution in [0.5, 0.6) is 0 Å². The molecule has 0 bridgehead atoms. The third-order valence-corrected chi connectivity index (χ3v) is 5.15. The quantitative estimate of drug-likeness (QED) is 0.666. The van der Waals surface area contributed by atoms with Gasteiger partial charge in [0.25, 0.3) is 0 Å². The molecule has 19 heavy (non-hydrogen) atoms. The zero-order valence-corrected chi connectivity index (χ0v) is 13.4. The standard InChI is InChI=1S/C19H30/c1-13-8-14(2)10-19(9-13)17(5)12-18-7-6-15(3)16(4)11-18/h6-7,11,13-14,17,19H,8-10,12H2,1-5H3. The third-order valence-electron chi connectivity index (χ3n) is 5.15. The fourth-order valence-corrected chi connectivity index (χ4v) is 3.94. The van der Waals surface area contributed by atoms with Crippen LogP contribution in [0, 0.1) is 37.5 Å². The Morgan fingerprint density at radius 3 is 2.21 bits per heavy atom. The van der Waals surface area contributed by atoms with E-state index in [1.807, 2.05) is 0 Å². The Labute approximate surface area is 119 Å². The lowest BCUT2D eigenvalue weighted by molar-refractivity contribution is 0.168. The highest BCUT2D eigenvalue weighted by Gasteiger charge is 2.27. The number of hydrogen-bond donors (Lipinski definition) is 0. The van der Waals surface area contributed by atoms with E-state index >= 15 is 0 Å². The molecule has 1 aliphatic rings. The summed E-state index contributed by atoms with van der Waals surface area (Å²) in [6.45, 7) is 11.8. The van der Waals surface area contributed by atoms with Gasteiger partial charge in [-0.25, -0.2) is 0 Å². The maximum atomic E-state index is 2.46. The number of benzene rings is 1. The van der Waals surface area contributed by atoms with Crippen molar-refractivity contribution in [2.45, 2.75) is 60.3 Å². The van der Waals surface area contributed by atoms with Crippen molar-refractivity contribution in [3.63, 3.8) is 0 Å². The fourth-order valence-electron chi connectivity index (χ4n) is 3.94. The Morgan fingerprint density at radius 1 is 1.00 bits per heavy atom. The SMILES string of the molecule is Cc1ccc(CC(C)C2CC(C)CC(C)C2)cc1C. The van der Waals surface area contributed by atoms with Crippen LogP contribution in [-0.4, -0.2) is 0 Å². The first-order valence-electron chi connectivity index (χ1n) is 8.01. The number of rotatable bonds is 3. The second-order valence-corrected chi connectivity index (χ2v) is 7.28. The first kappa shape index (κ1) is 14.6. The first-order valence-corrected chi connectivity index (χ1v) is 8.01. The molecule has 0 heterocycles. The van der Waals surface area contributed by atoms with Gasteiger partial charge in [-0.3, -0.25) is 0 Å². The van der Waals surface area contributed by atoms with Crippen molar-refractivity contribution in [1.29, 1.82) is 0 Å². The van der Waals surface area contributed by atoms with Crippen LogP contribution in [0.1, 0.15) is 56.7 Å². The molecule has 0 saturated heterocycles. The Balaban J connectivity index is 1.99. The summed E-state index contributed by atoms with van der Waals surface area (Å²) in [5, 5.41) is 0. The van der Waals surface area contributed by atoms with E-state index < -0.39 is 0 Å². The molecule has 0 nitrogen and oxygen atoms in total. The highest BCUT2D eigenvalue weighted by molar-refractivity contribution is 5.30. The summed E-state index contributed by atoms with van der Waals surface area (Å²) in [5.41, 5.74) is 4.38. The molecule has 3 unspecified atom stereocenters. The molecule has 1 aliphatic carbocycles. The van der Waals surface area contributed by atoms with E-state index in [0.29, 0.717) is 0 Å². The summed E-state index contributed by atoms with van der Waals surface area (Å²) in [6, 6.07) is 7.00. The van der Waals surface area contributed by atoms with Crippen molar-refractivity contribution in [2.75, 3.05) is 0 Å². The van der Waals surface area contributed by atoms with Gasteiger partial charge >= 0.3 is 0 Å². The zero-order valence-electron chi connectivity index (χ0n) is 13.4. The van der Waals surface area contributed by atoms with E-state index in [2.05, 4.69) is 52.8 Å². The Kier molecular flexibility index (Phi) is 4.71. The van der Waals surface area contributed by atoms with Crippen LogP contribution in [-0.2, 0) is 6.42 Å². The predicted octanol–water partition coefficient (Wildman–Crippen LogP) is 5.55. The smallest absolute Gasteiger partial charge is 0.0250 e. The van der Waals surface area contributed by atoms with Crippen LogP contribution in [0.4, 0.5) is 0 Å².